The van der Waals surface area contributed by atoms with Gasteiger partial charge >= 0.3 is 0 Å². The van der Waals surface area contributed by atoms with Crippen molar-refractivity contribution in [2.45, 2.75) is 39.0 Å². The molecule has 0 atom stereocenters. The highest BCUT2D eigenvalue weighted by Gasteiger charge is 2.08. The molecule has 0 saturated carbocycles. The van der Waals surface area contributed by atoms with Gasteiger partial charge in [0, 0.05) is 12.8 Å². The van der Waals surface area contributed by atoms with Crippen LogP contribution >= 0.6 is 0 Å². The Morgan fingerprint density at radius 3 is 2.31 bits per heavy atom. The number of ketones is 1. The molecular formula is C8H16O4S. The van der Waals surface area contributed by atoms with E-state index in [0.29, 0.717) is 6.42 Å². The Kier molecular flexibility index (Phi) is 5.90. The lowest BCUT2D eigenvalue weighted by Gasteiger charge is -1.98. The zero-order valence-electron chi connectivity index (χ0n) is 7.82. The second-order valence-corrected chi connectivity index (χ2v) is 4.60. The molecule has 0 aliphatic rings. The molecule has 0 aromatic carbocycles. The highest BCUT2D eigenvalue weighted by molar-refractivity contribution is 7.85. The minimum Gasteiger partial charge on any atom is -0.300 e. The number of hydrogen-bond acceptors (Lipinski definition) is 3. The minimum absolute atomic E-state index is 0.0669. The van der Waals surface area contributed by atoms with Crippen molar-refractivity contribution in [3.63, 3.8) is 0 Å². The largest absolute Gasteiger partial charge is 0.300 e. The Bertz CT molecular complexity index is 243. The normalized spacial score (nSPS) is 11.5. The Morgan fingerprint density at radius 2 is 1.85 bits per heavy atom. The van der Waals surface area contributed by atoms with E-state index in [1.165, 1.54) is 0 Å². The van der Waals surface area contributed by atoms with Crippen LogP contribution in [0.3, 0.4) is 0 Å². The van der Waals surface area contributed by atoms with Gasteiger partial charge in [0.25, 0.3) is 10.1 Å². The molecular weight excluding hydrogens is 192 g/mol. The molecule has 13 heavy (non-hydrogen) atoms. The van der Waals surface area contributed by atoms with Gasteiger partial charge in [0.15, 0.2) is 0 Å². The molecule has 0 radical (unpaired) electrons. The molecule has 0 aliphatic carbocycles. The molecule has 0 saturated heterocycles. The predicted octanol–water partition coefficient (Wildman–Crippen LogP) is 1.41. The topological polar surface area (TPSA) is 71.4 Å². The first-order valence-corrected chi connectivity index (χ1v) is 6.03. The van der Waals surface area contributed by atoms with Crippen molar-refractivity contribution in [3.8, 4) is 0 Å². The van der Waals surface area contributed by atoms with E-state index in [0.717, 1.165) is 19.3 Å². The summed E-state index contributed by atoms with van der Waals surface area (Å²) < 4.78 is 28.9. The molecule has 1 N–H and O–H groups in total. The molecule has 0 aromatic heterocycles. The van der Waals surface area contributed by atoms with Crippen molar-refractivity contribution in [1.82, 2.24) is 0 Å². The van der Waals surface area contributed by atoms with Crippen molar-refractivity contribution in [2.75, 3.05) is 5.75 Å². The van der Waals surface area contributed by atoms with Gasteiger partial charge in [0.1, 0.15) is 5.78 Å². The fourth-order valence-electron chi connectivity index (χ4n) is 0.940. The summed E-state index contributed by atoms with van der Waals surface area (Å²) in [6, 6.07) is 0. The van der Waals surface area contributed by atoms with Crippen LogP contribution in [0, 0.1) is 0 Å². The van der Waals surface area contributed by atoms with E-state index < -0.39 is 15.9 Å². The van der Waals surface area contributed by atoms with Crippen molar-refractivity contribution in [2.24, 2.45) is 0 Å². The summed E-state index contributed by atoms with van der Waals surface area (Å²) in [7, 11) is -3.97. The van der Waals surface area contributed by atoms with Crippen LogP contribution in [0.25, 0.3) is 0 Å². The maximum Gasteiger partial charge on any atom is 0.265 e. The number of unbranched alkanes of at least 4 members (excludes halogenated alkanes) is 2. The van der Waals surface area contributed by atoms with Crippen LogP contribution in [0.2, 0.25) is 0 Å². The molecule has 78 valence electrons. The van der Waals surface area contributed by atoms with E-state index in [2.05, 4.69) is 0 Å². The maximum atomic E-state index is 11.0. The fraction of sp³-hybridized carbons (Fsp3) is 0.875. The zero-order valence-corrected chi connectivity index (χ0v) is 8.64. The third-order valence-electron chi connectivity index (χ3n) is 1.70. The highest BCUT2D eigenvalue weighted by atomic mass is 32.2. The second-order valence-electron chi connectivity index (χ2n) is 3.03. The Hall–Kier alpha value is -0.420. The summed E-state index contributed by atoms with van der Waals surface area (Å²) in [5.74, 6) is -0.538. The fourth-order valence-corrected chi connectivity index (χ4v) is 1.43. The number of carbonyl (C=O) groups excluding carboxylic acids is 1. The summed E-state index contributed by atoms with van der Waals surface area (Å²) in [6.45, 7) is 2.03. The summed E-state index contributed by atoms with van der Waals surface area (Å²) in [4.78, 5) is 11.0. The Balaban J connectivity index is 3.53. The molecule has 0 aromatic rings. The lowest BCUT2D eigenvalue weighted by atomic mass is 10.1. The third kappa shape index (κ3) is 9.49. The predicted molar refractivity (Wildman–Crippen MR) is 50.2 cm³/mol. The average molecular weight is 208 g/mol. The summed E-state index contributed by atoms with van der Waals surface area (Å²) in [6.07, 6.45) is 3.18. The first kappa shape index (κ1) is 12.6. The smallest absolute Gasteiger partial charge is 0.265 e. The summed E-state index contributed by atoms with van der Waals surface area (Å²) in [5, 5.41) is 0. The van der Waals surface area contributed by atoms with Crippen molar-refractivity contribution < 1.29 is 17.8 Å². The van der Waals surface area contributed by atoms with E-state index in [1.807, 2.05) is 6.92 Å². The van der Waals surface area contributed by atoms with Gasteiger partial charge in [-0.15, -0.1) is 0 Å². The molecule has 0 amide bonds. The molecule has 5 heteroatoms. The van der Waals surface area contributed by atoms with Crippen LogP contribution in [0.5, 0.6) is 0 Å². The average Bonchev–Trinajstić information content (AvgIpc) is 2.00. The summed E-state index contributed by atoms with van der Waals surface area (Å²) >= 11 is 0. The van der Waals surface area contributed by atoms with E-state index >= 15 is 0 Å². The lowest BCUT2D eigenvalue weighted by Crippen LogP contribution is -2.09. The van der Waals surface area contributed by atoms with Crippen LogP contribution in [0.15, 0.2) is 0 Å². The van der Waals surface area contributed by atoms with E-state index in [1.54, 1.807) is 0 Å². The number of rotatable bonds is 7. The summed E-state index contributed by atoms with van der Waals surface area (Å²) in [5.41, 5.74) is 0. The Labute approximate surface area is 79.1 Å². The zero-order chi connectivity index (χ0) is 10.3. The number of Topliss-reactive ketones (excluding diaryl/α,β-unsaturated/α-hetero) is 1. The van der Waals surface area contributed by atoms with Crippen LogP contribution in [0.4, 0.5) is 0 Å². The molecule has 0 fully saturated rings. The van der Waals surface area contributed by atoms with Gasteiger partial charge in [-0.2, -0.15) is 8.42 Å². The SMILES string of the molecule is CCCCCC(=O)CCS(=O)(=O)O. The lowest BCUT2D eigenvalue weighted by molar-refractivity contribution is -0.118. The Morgan fingerprint density at radius 1 is 1.23 bits per heavy atom. The monoisotopic (exact) mass is 208 g/mol. The third-order valence-corrected chi connectivity index (χ3v) is 2.42. The molecule has 4 nitrogen and oxygen atoms in total. The van der Waals surface area contributed by atoms with Gasteiger partial charge in [-0.05, 0) is 6.42 Å². The molecule has 0 spiro atoms. The van der Waals surface area contributed by atoms with E-state index in [4.69, 9.17) is 4.55 Å². The standard InChI is InChI=1S/C8H16O4S/c1-2-3-4-5-8(9)6-7-13(10,11)12/h2-7H2,1H3,(H,10,11,12). The van der Waals surface area contributed by atoms with Gasteiger partial charge < -0.3 is 0 Å². The second kappa shape index (κ2) is 6.10. The molecule has 0 unspecified atom stereocenters. The maximum absolute atomic E-state index is 11.0. The molecule has 0 aliphatic heterocycles. The molecule has 0 heterocycles. The van der Waals surface area contributed by atoms with Crippen LogP contribution in [0.1, 0.15) is 39.0 Å². The first-order chi connectivity index (χ1) is 5.95. The van der Waals surface area contributed by atoms with Crippen LogP contribution < -0.4 is 0 Å². The van der Waals surface area contributed by atoms with Crippen LogP contribution in [-0.2, 0) is 14.9 Å². The molecule has 0 rings (SSSR count). The first-order valence-electron chi connectivity index (χ1n) is 4.42. The van der Waals surface area contributed by atoms with Crippen LogP contribution in [-0.4, -0.2) is 24.5 Å². The number of carbonyl (C=O) groups is 1. The number of hydrogen-bond donors (Lipinski definition) is 1. The van der Waals surface area contributed by atoms with Gasteiger partial charge in [-0.1, -0.05) is 19.8 Å². The van der Waals surface area contributed by atoms with Crippen molar-refractivity contribution >= 4 is 15.9 Å². The van der Waals surface area contributed by atoms with Gasteiger partial charge in [-0.3, -0.25) is 9.35 Å². The molecule has 0 bridgehead atoms. The van der Waals surface area contributed by atoms with E-state index in [-0.39, 0.29) is 12.2 Å². The van der Waals surface area contributed by atoms with Crippen molar-refractivity contribution in [1.29, 1.82) is 0 Å². The van der Waals surface area contributed by atoms with E-state index in [9.17, 15) is 13.2 Å². The van der Waals surface area contributed by atoms with Gasteiger partial charge in [0.2, 0.25) is 0 Å². The van der Waals surface area contributed by atoms with Crippen molar-refractivity contribution in [3.05, 3.63) is 0 Å². The quantitative estimate of drug-likeness (QED) is 0.507. The van der Waals surface area contributed by atoms with Gasteiger partial charge in [0.05, 0.1) is 5.75 Å². The highest BCUT2D eigenvalue weighted by Crippen LogP contribution is 2.02. The minimum atomic E-state index is -3.97. The van der Waals surface area contributed by atoms with Gasteiger partial charge in [-0.25, -0.2) is 0 Å².